The van der Waals surface area contributed by atoms with E-state index in [-0.39, 0.29) is 23.6 Å². The zero-order valence-corrected chi connectivity index (χ0v) is 20.2. The second-order valence-corrected chi connectivity index (χ2v) is 8.42. The summed E-state index contributed by atoms with van der Waals surface area (Å²) in [5.74, 6) is -0.411. The lowest BCUT2D eigenvalue weighted by atomic mass is 10.1. The molecule has 1 amide bonds. The first kappa shape index (κ1) is 24.6. The molecule has 1 N–H and O–H groups in total. The van der Waals surface area contributed by atoms with Crippen LogP contribution in [0.25, 0.3) is 10.8 Å². The largest absolute Gasteiger partial charge is 0.484 e. The number of hydrogen-bond acceptors (Lipinski definition) is 7. The Kier molecular flexibility index (Phi) is 7.66. The molecule has 0 aliphatic carbocycles. The van der Waals surface area contributed by atoms with E-state index in [4.69, 9.17) is 9.47 Å². The summed E-state index contributed by atoms with van der Waals surface area (Å²) in [4.78, 5) is 34.7. The van der Waals surface area contributed by atoms with E-state index in [1.807, 2.05) is 30.3 Å². The van der Waals surface area contributed by atoms with Gasteiger partial charge in [0.2, 0.25) is 0 Å². The van der Waals surface area contributed by atoms with Crippen molar-refractivity contribution in [3.8, 4) is 11.5 Å². The van der Waals surface area contributed by atoms with Crippen LogP contribution in [0.5, 0.6) is 11.5 Å². The van der Waals surface area contributed by atoms with E-state index in [2.05, 4.69) is 26.5 Å². The summed E-state index contributed by atoms with van der Waals surface area (Å²) in [6, 6.07) is 23.1. The topological polar surface area (TPSA) is 120 Å². The molecule has 0 aliphatic heterocycles. The van der Waals surface area contributed by atoms with Gasteiger partial charge < -0.3 is 9.47 Å². The molecule has 0 unspecified atom stereocenters. The number of nitro groups is 1. The fourth-order valence-corrected chi connectivity index (χ4v) is 3.59. The molecule has 0 radical (unpaired) electrons. The number of rotatable bonds is 8. The predicted octanol–water partition coefficient (Wildman–Crippen LogP) is 5.26. The number of hydrogen-bond donors (Lipinski definition) is 1. The number of halogens is 1. The molecule has 0 aromatic heterocycles. The third-order valence-corrected chi connectivity index (χ3v) is 5.40. The minimum Gasteiger partial charge on any atom is -0.484 e. The highest BCUT2D eigenvalue weighted by Crippen LogP contribution is 2.24. The minimum absolute atomic E-state index is 0.0508. The number of carbonyl (C=O) groups is 2. The standard InChI is InChI=1S/C26H18BrN3O6/c27-21-9-7-19-14-23(10-8-18(19)12-21)35-16-25(31)29-28-15-17-3-1-6-24(11-17)36-26(32)20-4-2-5-22(13-20)30(33)34/h1-15H,16H2,(H,29,31). The Labute approximate surface area is 213 Å². The van der Waals surface area contributed by atoms with E-state index < -0.39 is 16.8 Å². The van der Waals surface area contributed by atoms with Crippen LogP contribution in [0.2, 0.25) is 0 Å². The van der Waals surface area contributed by atoms with Gasteiger partial charge in [-0.25, -0.2) is 10.2 Å². The molecule has 36 heavy (non-hydrogen) atoms. The van der Waals surface area contributed by atoms with Gasteiger partial charge in [0, 0.05) is 16.6 Å². The Bertz CT molecular complexity index is 1490. The normalized spacial score (nSPS) is 10.8. The fourth-order valence-electron chi connectivity index (χ4n) is 3.22. The van der Waals surface area contributed by atoms with Gasteiger partial charge in [0.15, 0.2) is 6.61 Å². The summed E-state index contributed by atoms with van der Waals surface area (Å²) in [6.45, 7) is -0.222. The molecule has 4 aromatic rings. The van der Waals surface area contributed by atoms with Crippen LogP contribution in [-0.2, 0) is 4.79 Å². The molecule has 0 saturated heterocycles. The van der Waals surface area contributed by atoms with Crippen LogP contribution < -0.4 is 14.9 Å². The van der Waals surface area contributed by atoms with E-state index in [0.29, 0.717) is 11.3 Å². The van der Waals surface area contributed by atoms with E-state index in [1.165, 1.54) is 30.5 Å². The lowest BCUT2D eigenvalue weighted by Crippen LogP contribution is -2.24. The summed E-state index contributed by atoms with van der Waals surface area (Å²) >= 11 is 3.43. The first-order chi connectivity index (χ1) is 17.4. The number of nitrogens with zero attached hydrogens (tertiary/aromatic N) is 2. The highest BCUT2D eigenvalue weighted by Gasteiger charge is 2.13. The molecule has 0 spiro atoms. The summed E-state index contributed by atoms with van der Waals surface area (Å²) in [6.07, 6.45) is 1.39. The zero-order valence-electron chi connectivity index (χ0n) is 18.6. The molecule has 4 rings (SSSR count). The number of nitrogens with one attached hydrogen (secondary N) is 1. The summed E-state index contributed by atoms with van der Waals surface area (Å²) in [5, 5.41) is 16.8. The van der Waals surface area contributed by atoms with Gasteiger partial charge in [-0.3, -0.25) is 14.9 Å². The van der Waals surface area contributed by atoms with Crippen molar-refractivity contribution in [1.82, 2.24) is 5.43 Å². The van der Waals surface area contributed by atoms with Crippen molar-refractivity contribution in [1.29, 1.82) is 0 Å². The van der Waals surface area contributed by atoms with Crippen molar-refractivity contribution in [2.45, 2.75) is 0 Å². The number of hydrazone groups is 1. The van der Waals surface area contributed by atoms with E-state index in [0.717, 1.165) is 21.3 Å². The fraction of sp³-hybridized carbons (Fsp3) is 0.0385. The highest BCUT2D eigenvalue weighted by molar-refractivity contribution is 9.10. The van der Waals surface area contributed by atoms with Gasteiger partial charge in [-0.05, 0) is 58.8 Å². The number of carbonyl (C=O) groups excluding carboxylic acids is 2. The first-order valence-electron chi connectivity index (χ1n) is 10.6. The third-order valence-electron chi connectivity index (χ3n) is 4.91. The van der Waals surface area contributed by atoms with Crippen molar-refractivity contribution >= 4 is 50.5 Å². The lowest BCUT2D eigenvalue weighted by Gasteiger charge is -2.07. The number of benzene rings is 4. The van der Waals surface area contributed by atoms with E-state index >= 15 is 0 Å². The molecule has 0 aliphatic rings. The van der Waals surface area contributed by atoms with E-state index in [1.54, 1.807) is 24.3 Å². The average Bonchev–Trinajstić information content (AvgIpc) is 2.87. The van der Waals surface area contributed by atoms with Gasteiger partial charge in [-0.15, -0.1) is 0 Å². The molecule has 0 atom stereocenters. The van der Waals surface area contributed by atoms with Crippen LogP contribution >= 0.6 is 15.9 Å². The molecule has 10 heteroatoms. The van der Waals surface area contributed by atoms with Crippen LogP contribution in [0, 0.1) is 10.1 Å². The Morgan fingerprint density at radius 2 is 1.72 bits per heavy atom. The third kappa shape index (κ3) is 6.51. The molecule has 0 saturated carbocycles. The Balaban J connectivity index is 1.30. The van der Waals surface area contributed by atoms with Crippen molar-refractivity contribution in [3.05, 3.63) is 111 Å². The van der Waals surface area contributed by atoms with Crippen LogP contribution in [0.3, 0.4) is 0 Å². The van der Waals surface area contributed by atoms with Gasteiger partial charge >= 0.3 is 5.97 Å². The number of amides is 1. The average molecular weight is 548 g/mol. The van der Waals surface area contributed by atoms with Crippen LogP contribution in [0.15, 0.2) is 94.5 Å². The molecule has 0 fully saturated rings. The Hall–Kier alpha value is -4.57. The quantitative estimate of drug-likeness (QED) is 0.106. The van der Waals surface area contributed by atoms with Gasteiger partial charge in [-0.1, -0.05) is 46.3 Å². The van der Waals surface area contributed by atoms with Crippen LogP contribution in [-0.4, -0.2) is 29.6 Å². The highest BCUT2D eigenvalue weighted by atomic mass is 79.9. The Morgan fingerprint density at radius 1 is 0.944 bits per heavy atom. The molecule has 0 bridgehead atoms. The number of esters is 1. The smallest absolute Gasteiger partial charge is 0.343 e. The summed E-state index contributed by atoms with van der Waals surface area (Å²) in [7, 11) is 0. The summed E-state index contributed by atoms with van der Waals surface area (Å²) in [5.41, 5.74) is 2.77. The Morgan fingerprint density at radius 3 is 2.56 bits per heavy atom. The first-order valence-corrected chi connectivity index (χ1v) is 11.4. The summed E-state index contributed by atoms with van der Waals surface area (Å²) < 4.78 is 11.8. The lowest BCUT2D eigenvalue weighted by molar-refractivity contribution is -0.384. The molecule has 4 aromatic carbocycles. The van der Waals surface area contributed by atoms with Gasteiger partial charge in [0.25, 0.3) is 11.6 Å². The van der Waals surface area contributed by atoms with E-state index in [9.17, 15) is 19.7 Å². The second kappa shape index (κ2) is 11.2. The van der Waals surface area contributed by atoms with Crippen molar-refractivity contribution in [2.24, 2.45) is 5.10 Å². The zero-order chi connectivity index (χ0) is 25.5. The van der Waals surface area contributed by atoms with Crippen LogP contribution in [0.1, 0.15) is 15.9 Å². The SMILES string of the molecule is O=C(COc1ccc2cc(Br)ccc2c1)NN=Cc1cccc(OC(=O)c2cccc([N+](=O)[O-])c2)c1. The van der Waals surface area contributed by atoms with Gasteiger partial charge in [0.05, 0.1) is 16.7 Å². The maximum Gasteiger partial charge on any atom is 0.343 e. The van der Waals surface area contributed by atoms with Gasteiger partial charge in [0.1, 0.15) is 11.5 Å². The molecule has 9 nitrogen and oxygen atoms in total. The maximum absolute atomic E-state index is 12.3. The van der Waals surface area contributed by atoms with Crippen molar-refractivity contribution < 1.29 is 24.0 Å². The molecular weight excluding hydrogens is 530 g/mol. The predicted molar refractivity (Wildman–Crippen MR) is 137 cm³/mol. The van der Waals surface area contributed by atoms with Crippen molar-refractivity contribution in [2.75, 3.05) is 6.61 Å². The number of fused-ring (bicyclic) bond motifs is 1. The van der Waals surface area contributed by atoms with Gasteiger partial charge in [-0.2, -0.15) is 5.10 Å². The molecule has 180 valence electrons. The molecular formula is C26H18BrN3O6. The molecule has 0 heterocycles. The second-order valence-electron chi connectivity index (χ2n) is 7.50. The number of nitro benzene ring substituents is 1. The number of ether oxygens (including phenoxy) is 2. The van der Waals surface area contributed by atoms with Crippen molar-refractivity contribution in [3.63, 3.8) is 0 Å². The monoisotopic (exact) mass is 547 g/mol. The van der Waals surface area contributed by atoms with Crippen LogP contribution in [0.4, 0.5) is 5.69 Å². The number of non-ortho nitro benzene ring substituents is 1. The minimum atomic E-state index is -0.737. The maximum atomic E-state index is 12.3.